The van der Waals surface area contributed by atoms with Crippen LogP contribution < -0.4 is 0 Å². The molecule has 0 saturated carbocycles. The Hall–Kier alpha value is -1.92. The van der Waals surface area contributed by atoms with Crippen molar-refractivity contribution in [2.75, 3.05) is 13.1 Å². The van der Waals surface area contributed by atoms with Crippen LogP contribution in [0.4, 0.5) is 4.39 Å². The van der Waals surface area contributed by atoms with E-state index in [9.17, 15) is 14.0 Å². The molecular formula is C11H14FN3O3. The van der Waals surface area contributed by atoms with Crippen LogP contribution in [-0.2, 0) is 9.59 Å². The fourth-order valence-electron chi connectivity index (χ4n) is 2.02. The van der Waals surface area contributed by atoms with Crippen LogP contribution in [0, 0.1) is 0 Å². The fraction of sp³-hybridized carbons (Fsp3) is 0.545. The van der Waals surface area contributed by atoms with Crippen LogP contribution in [0.2, 0.25) is 0 Å². The van der Waals surface area contributed by atoms with Gasteiger partial charge < -0.3 is 10.0 Å². The van der Waals surface area contributed by atoms with Gasteiger partial charge in [-0.15, -0.1) is 0 Å². The maximum atomic E-state index is 13.8. The molecule has 2 heterocycles. The van der Waals surface area contributed by atoms with Gasteiger partial charge in [0.1, 0.15) is 6.04 Å². The largest absolute Gasteiger partial charge is 0.479 e. The number of carboxylic acids is 1. The maximum Gasteiger partial charge on any atom is 0.343 e. The predicted octanol–water partition coefficient (Wildman–Crippen LogP) is 0.469. The summed E-state index contributed by atoms with van der Waals surface area (Å²) in [5.41, 5.74) is -2.32. The highest BCUT2D eigenvalue weighted by Crippen LogP contribution is 2.27. The third kappa shape index (κ3) is 2.07. The quantitative estimate of drug-likeness (QED) is 0.851. The normalized spacial score (nSPS) is 25.1. The van der Waals surface area contributed by atoms with Gasteiger partial charge in [0.25, 0.3) is 0 Å². The van der Waals surface area contributed by atoms with E-state index in [1.807, 2.05) is 0 Å². The van der Waals surface area contributed by atoms with Crippen molar-refractivity contribution >= 4 is 11.9 Å². The lowest BCUT2D eigenvalue weighted by Gasteiger charge is -2.21. The molecule has 1 amide bonds. The number of carbonyl (C=O) groups excluding carboxylic acids is 1. The molecule has 0 radical (unpaired) electrons. The summed E-state index contributed by atoms with van der Waals surface area (Å²) in [4.78, 5) is 24.1. The van der Waals surface area contributed by atoms with E-state index in [1.165, 1.54) is 9.58 Å². The number of aliphatic carboxylic acids is 1. The van der Waals surface area contributed by atoms with Crippen molar-refractivity contribution in [1.29, 1.82) is 0 Å². The molecular weight excluding hydrogens is 241 g/mol. The Bertz CT molecular complexity index is 462. The predicted molar refractivity (Wildman–Crippen MR) is 59.6 cm³/mol. The first-order chi connectivity index (χ1) is 8.44. The van der Waals surface area contributed by atoms with Crippen molar-refractivity contribution in [2.45, 2.75) is 25.1 Å². The molecule has 1 saturated heterocycles. The molecule has 1 aromatic rings. The number of rotatable bonds is 3. The van der Waals surface area contributed by atoms with Gasteiger partial charge in [0, 0.05) is 25.4 Å². The van der Waals surface area contributed by atoms with Gasteiger partial charge in [-0.2, -0.15) is 5.10 Å². The molecule has 1 aliphatic rings. The minimum atomic E-state index is -2.32. The second-order valence-corrected chi connectivity index (χ2v) is 4.44. The number of carbonyl (C=O) groups is 2. The monoisotopic (exact) mass is 255 g/mol. The average Bonchev–Trinajstić information content (AvgIpc) is 2.96. The molecule has 1 aromatic heterocycles. The molecule has 7 heteroatoms. The number of nitrogens with zero attached hydrogens (tertiary/aromatic N) is 3. The molecule has 1 fully saturated rings. The highest BCUT2D eigenvalue weighted by atomic mass is 19.1. The summed E-state index contributed by atoms with van der Waals surface area (Å²) in [6.45, 7) is 1.37. The molecule has 0 aliphatic carbocycles. The van der Waals surface area contributed by atoms with Crippen molar-refractivity contribution in [3.05, 3.63) is 18.5 Å². The Morgan fingerprint density at radius 2 is 2.28 bits per heavy atom. The lowest BCUT2D eigenvalue weighted by Crippen LogP contribution is -2.41. The topological polar surface area (TPSA) is 75.4 Å². The molecule has 2 unspecified atom stereocenters. The summed E-state index contributed by atoms with van der Waals surface area (Å²) in [7, 11) is 0. The van der Waals surface area contributed by atoms with Crippen LogP contribution in [0.1, 0.15) is 19.4 Å². The highest BCUT2D eigenvalue weighted by Gasteiger charge is 2.47. The second-order valence-electron chi connectivity index (χ2n) is 4.44. The third-order valence-electron chi connectivity index (χ3n) is 3.19. The van der Waals surface area contributed by atoms with Crippen LogP contribution >= 0.6 is 0 Å². The number of aromatic nitrogens is 2. The minimum Gasteiger partial charge on any atom is -0.479 e. The van der Waals surface area contributed by atoms with Crippen LogP contribution in [0.25, 0.3) is 0 Å². The Kier molecular flexibility index (Phi) is 3.06. The SMILES string of the molecule is CC(C(=O)N1CCC(F)(C(=O)O)C1)n1cccn1. The van der Waals surface area contributed by atoms with Gasteiger partial charge in [0.15, 0.2) is 0 Å². The zero-order valence-corrected chi connectivity index (χ0v) is 9.91. The standard InChI is InChI=1S/C11H14FN3O3/c1-8(15-5-2-4-13-15)9(16)14-6-3-11(12,7-14)10(17)18/h2,4-5,8H,3,6-7H2,1H3,(H,17,18). The summed E-state index contributed by atoms with van der Waals surface area (Å²) < 4.78 is 15.3. The molecule has 0 bridgehead atoms. The van der Waals surface area contributed by atoms with Crippen LogP contribution in [0.3, 0.4) is 0 Å². The Labute approximate surface area is 103 Å². The lowest BCUT2D eigenvalue weighted by atomic mass is 10.1. The first-order valence-corrected chi connectivity index (χ1v) is 5.64. The summed E-state index contributed by atoms with van der Waals surface area (Å²) in [5.74, 6) is -1.83. The summed E-state index contributed by atoms with van der Waals surface area (Å²) in [5, 5.41) is 12.7. The van der Waals surface area contributed by atoms with E-state index < -0.39 is 24.2 Å². The van der Waals surface area contributed by atoms with Gasteiger partial charge in [-0.25, -0.2) is 9.18 Å². The maximum absolute atomic E-state index is 13.8. The van der Waals surface area contributed by atoms with E-state index in [2.05, 4.69) is 5.10 Å². The molecule has 6 nitrogen and oxygen atoms in total. The van der Waals surface area contributed by atoms with Crippen molar-refractivity contribution < 1.29 is 19.1 Å². The molecule has 0 spiro atoms. The van der Waals surface area contributed by atoms with Crippen molar-refractivity contribution in [1.82, 2.24) is 14.7 Å². The zero-order valence-electron chi connectivity index (χ0n) is 9.91. The number of halogens is 1. The summed E-state index contributed by atoms with van der Waals surface area (Å²) >= 11 is 0. The number of likely N-dealkylation sites (tertiary alicyclic amines) is 1. The van der Waals surface area contributed by atoms with Gasteiger partial charge in [-0.1, -0.05) is 0 Å². The molecule has 2 rings (SSSR count). The van der Waals surface area contributed by atoms with Gasteiger partial charge in [-0.05, 0) is 13.0 Å². The lowest BCUT2D eigenvalue weighted by molar-refractivity contribution is -0.150. The molecule has 1 N–H and O–H groups in total. The van der Waals surface area contributed by atoms with Crippen LogP contribution in [-0.4, -0.2) is 50.4 Å². The molecule has 18 heavy (non-hydrogen) atoms. The fourth-order valence-corrected chi connectivity index (χ4v) is 2.02. The number of hydrogen-bond acceptors (Lipinski definition) is 3. The molecule has 0 aromatic carbocycles. The average molecular weight is 255 g/mol. The third-order valence-corrected chi connectivity index (χ3v) is 3.19. The Balaban J connectivity index is 2.06. The van der Waals surface area contributed by atoms with Crippen molar-refractivity contribution in [3.63, 3.8) is 0 Å². The van der Waals surface area contributed by atoms with Crippen molar-refractivity contribution in [2.24, 2.45) is 0 Å². The zero-order chi connectivity index (χ0) is 13.3. The van der Waals surface area contributed by atoms with E-state index in [0.717, 1.165) is 0 Å². The van der Waals surface area contributed by atoms with E-state index in [1.54, 1.807) is 25.4 Å². The highest BCUT2D eigenvalue weighted by molar-refractivity contribution is 5.84. The minimum absolute atomic E-state index is 0.118. The van der Waals surface area contributed by atoms with E-state index in [0.29, 0.717) is 0 Å². The summed E-state index contributed by atoms with van der Waals surface area (Å²) in [6.07, 6.45) is 3.02. The van der Waals surface area contributed by atoms with Gasteiger partial charge in [-0.3, -0.25) is 9.48 Å². The van der Waals surface area contributed by atoms with Gasteiger partial charge in [0.05, 0.1) is 6.54 Å². The first-order valence-electron chi connectivity index (χ1n) is 5.64. The molecule has 98 valence electrons. The number of hydrogen-bond donors (Lipinski definition) is 1. The molecule has 2 atom stereocenters. The van der Waals surface area contributed by atoms with Gasteiger partial charge in [0.2, 0.25) is 11.6 Å². The van der Waals surface area contributed by atoms with Crippen LogP contribution in [0.15, 0.2) is 18.5 Å². The number of amides is 1. The van der Waals surface area contributed by atoms with Crippen LogP contribution in [0.5, 0.6) is 0 Å². The van der Waals surface area contributed by atoms with E-state index in [4.69, 9.17) is 5.11 Å². The van der Waals surface area contributed by atoms with E-state index >= 15 is 0 Å². The smallest absolute Gasteiger partial charge is 0.343 e. The summed E-state index contributed by atoms with van der Waals surface area (Å²) in [6, 6.07) is 1.13. The van der Waals surface area contributed by atoms with Gasteiger partial charge >= 0.3 is 5.97 Å². The molecule has 1 aliphatic heterocycles. The number of carboxylic acid groups (broad SMARTS) is 1. The van der Waals surface area contributed by atoms with Crippen molar-refractivity contribution in [3.8, 4) is 0 Å². The first kappa shape index (κ1) is 12.5. The van der Waals surface area contributed by atoms with E-state index in [-0.39, 0.29) is 18.9 Å². The number of alkyl halides is 1. The second kappa shape index (κ2) is 4.40. The Morgan fingerprint density at radius 1 is 1.56 bits per heavy atom. The Morgan fingerprint density at radius 3 is 2.78 bits per heavy atom.